The van der Waals surface area contributed by atoms with Crippen molar-refractivity contribution in [2.75, 3.05) is 13.2 Å². The quantitative estimate of drug-likeness (QED) is 0.0992. The van der Waals surface area contributed by atoms with E-state index in [1.54, 1.807) is 0 Å². The van der Waals surface area contributed by atoms with Crippen molar-refractivity contribution < 1.29 is 8.85 Å². The molecule has 2 atom stereocenters. The monoisotopic (exact) mass is 546 g/mol. The van der Waals surface area contributed by atoms with Gasteiger partial charge < -0.3 is 8.85 Å². The van der Waals surface area contributed by atoms with Crippen LogP contribution in [0, 0.1) is 0 Å². The van der Waals surface area contributed by atoms with Gasteiger partial charge in [-0.25, -0.2) is 0 Å². The second-order valence-corrected chi connectivity index (χ2v) is 29.0. The molecule has 0 heterocycles. The molecular weight excluding hydrogens is 513 g/mol. The maximum absolute atomic E-state index is 6.04. The first-order valence-corrected chi connectivity index (χ1v) is 25.1. The minimum absolute atomic E-state index is 0.652. The summed E-state index contributed by atoms with van der Waals surface area (Å²) in [6.45, 7) is 19.8. The Hall–Kier alpha value is 3.15. The molecular formula is C14H34O2S8Si2. The second kappa shape index (κ2) is 16.8. The van der Waals surface area contributed by atoms with Gasteiger partial charge in [0.2, 0.25) is 0 Å². The summed E-state index contributed by atoms with van der Waals surface area (Å²) in [7, 11) is 12.2. The van der Waals surface area contributed by atoms with Crippen molar-refractivity contribution in [1.82, 2.24) is 0 Å². The topological polar surface area (TPSA) is 18.5 Å². The lowest BCUT2D eigenvalue weighted by Gasteiger charge is -2.30. The summed E-state index contributed by atoms with van der Waals surface area (Å²) in [5, 5.41) is 0. The van der Waals surface area contributed by atoms with E-state index in [9.17, 15) is 0 Å². The van der Waals surface area contributed by atoms with E-state index in [2.05, 4.69) is 53.9 Å². The standard InChI is InChI=1S/C14H34O2S8Si2/c1-9-13(25(5,6)15-11-3)17-19-21-23-24-22-20-18-14(10-2)26(7,8)16-12-4/h13-14H,9-12H2,1-8H3. The minimum atomic E-state index is -1.56. The van der Waals surface area contributed by atoms with Gasteiger partial charge in [0.15, 0.2) is 16.6 Å². The Labute approximate surface area is 194 Å². The van der Waals surface area contributed by atoms with Crippen molar-refractivity contribution in [3.8, 4) is 0 Å². The van der Waals surface area contributed by atoms with Crippen LogP contribution in [0.1, 0.15) is 40.5 Å². The van der Waals surface area contributed by atoms with E-state index in [1.165, 1.54) is 12.8 Å². The normalized spacial score (nSPS) is 15.2. The predicted molar refractivity (Wildman–Crippen MR) is 147 cm³/mol. The molecule has 0 fully saturated rings. The van der Waals surface area contributed by atoms with E-state index in [0.717, 1.165) is 13.2 Å². The van der Waals surface area contributed by atoms with E-state index < -0.39 is 16.6 Å². The van der Waals surface area contributed by atoms with Crippen LogP contribution in [0.2, 0.25) is 26.2 Å². The predicted octanol–water partition coefficient (Wildman–Crippen LogP) is 9.38. The van der Waals surface area contributed by atoms with Crippen LogP contribution in [0.25, 0.3) is 0 Å². The number of hydrogen-bond acceptors (Lipinski definition) is 10. The second-order valence-electron chi connectivity index (χ2n) is 6.47. The summed E-state index contributed by atoms with van der Waals surface area (Å²) in [5.41, 5.74) is 0. The molecule has 0 radical (unpaired) electrons. The highest BCUT2D eigenvalue weighted by atomic mass is 34.0. The highest BCUT2D eigenvalue weighted by Gasteiger charge is 2.34. The maximum atomic E-state index is 6.04. The Kier molecular flexibility index (Phi) is 18.8. The molecule has 0 N–H and O–H groups in total. The van der Waals surface area contributed by atoms with Crippen molar-refractivity contribution in [3.63, 3.8) is 0 Å². The molecule has 26 heavy (non-hydrogen) atoms. The Bertz CT molecular complexity index is 321. The summed E-state index contributed by atoms with van der Waals surface area (Å²) < 4.78 is 12.1. The fraction of sp³-hybridized carbons (Fsp3) is 1.00. The Balaban J connectivity index is 3.87. The van der Waals surface area contributed by atoms with Crippen molar-refractivity contribution >= 4 is 97.2 Å². The average molecular weight is 547 g/mol. The summed E-state index contributed by atoms with van der Waals surface area (Å²) in [6, 6.07) is 0. The zero-order valence-corrected chi connectivity index (χ0v) is 25.6. The van der Waals surface area contributed by atoms with Crippen molar-refractivity contribution in [1.29, 1.82) is 0 Å². The van der Waals surface area contributed by atoms with Gasteiger partial charge in [-0.05, 0) is 112 Å². The lowest BCUT2D eigenvalue weighted by atomic mass is 10.6. The van der Waals surface area contributed by atoms with Crippen LogP contribution in [0.5, 0.6) is 0 Å². The SMILES string of the molecule is CCO[Si](C)(C)C(CC)SSSSSSSSC(CC)[Si](C)(C)OCC. The van der Waals surface area contributed by atoms with Crippen molar-refractivity contribution in [2.45, 2.75) is 76.5 Å². The molecule has 0 aromatic heterocycles. The molecule has 0 saturated carbocycles. The van der Waals surface area contributed by atoms with Gasteiger partial charge >= 0.3 is 0 Å². The molecule has 0 bridgehead atoms. The summed E-state index contributed by atoms with van der Waals surface area (Å²) in [4.78, 5) is 1.30. The molecule has 0 rings (SSSR count). The third-order valence-electron chi connectivity index (χ3n) is 3.77. The lowest BCUT2D eigenvalue weighted by Crippen LogP contribution is -2.42. The van der Waals surface area contributed by atoms with Crippen LogP contribution < -0.4 is 0 Å². The highest BCUT2D eigenvalue weighted by molar-refractivity contribution is 9.48. The van der Waals surface area contributed by atoms with E-state index in [0.29, 0.717) is 9.75 Å². The first-order chi connectivity index (χ1) is 12.2. The summed E-state index contributed by atoms with van der Waals surface area (Å²) >= 11 is 0. The van der Waals surface area contributed by atoms with Gasteiger partial charge in [-0.3, -0.25) is 0 Å². The van der Waals surface area contributed by atoms with Crippen LogP contribution in [0.3, 0.4) is 0 Å². The fourth-order valence-corrected chi connectivity index (χ4v) is 31.9. The fourth-order valence-electron chi connectivity index (χ4n) is 2.45. The largest absolute Gasteiger partial charge is 0.417 e. The summed E-state index contributed by atoms with van der Waals surface area (Å²) in [6.07, 6.45) is 2.38. The molecule has 0 aliphatic heterocycles. The van der Waals surface area contributed by atoms with E-state index >= 15 is 0 Å². The average Bonchev–Trinajstić information content (AvgIpc) is 2.56. The van der Waals surface area contributed by atoms with Crippen molar-refractivity contribution in [2.24, 2.45) is 0 Å². The van der Waals surface area contributed by atoms with E-state index in [4.69, 9.17) is 8.85 Å². The Morgan fingerprint density at radius 1 is 0.577 bits per heavy atom. The molecule has 0 aromatic carbocycles. The van der Waals surface area contributed by atoms with E-state index in [1.807, 2.05) is 80.5 Å². The Morgan fingerprint density at radius 3 is 1.15 bits per heavy atom. The molecule has 0 aliphatic rings. The molecule has 0 amide bonds. The first kappa shape index (κ1) is 29.2. The van der Waals surface area contributed by atoms with Crippen LogP contribution in [0.15, 0.2) is 0 Å². The van der Waals surface area contributed by atoms with Gasteiger partial charge in [-0.2, -0.15) is 0 Å². The molecule has 0 aromatic rings. The van der Waals surface area contributed by atoms with Crippen molar-refractivity contribution in [3.05, 3.63) is 0 Å². The third kappa shape index (κ3) is 12.8. The maximum Gasteiger partial charge on any atom is 0.200 e. The zero-order valence-electron chi connectivity index (χ0n) is 17.1. The third-order valence-corrected chi connectivity index (χ3v) is 30.6. The molecule has 0 aliphatic carbocycles. The molecule has 12 heteroatoms. The van der Waals surface area contributed by atoms with Gasteiger partial charge in [0.05, 0.1) is 0 Å². The van der Waals surface area contributed by atoms with Crippen LogP contribution in [-0.2, 0) is 8.85 Å². The van der Waals surface area contributed by atoms with Crippen LogP contribution in [-0.4, -0.2) is 39.6 Å². The highest BCUT2D eigenvalue weighted by Crippen LogP contribution is 2.59. The van der Waals surface area contributed by atoms with Gasteiger partial charge in [-0.15, -0.1) is 0 Å². The van der Waals surface area contributed by atoms with Gasteiger partial charge in [0.25, 0.3) is 0 Å². The molecule has 158 valence electrons. The Morgan fingerprint density at radius 2 is 0.885 bits per heavy atom. The van der Waals surface area contributed by atoms with Gasteiger partial charge in [0.1, 0.15) is 0 Å². The van der Waals surface area contributed by atoms with Crippen LogP contribution >= 0.6 is 80.5 Å². The molecule has 2 nitrogen and oxygen atoms in total. The van der Waals surface area contributed by atoms with E-state index in [-0.39, 0.29) is 0 Å². The first-order valence-electron chi connectivity index (χ1n) is 8.85. The number of hydrogen-bond donors (Lipinski definition) is 0. The molecule has 0 spiro atoms. The molecule has 2 unspecified atom stereocenters. The molecule has 0 saturated heterocycles. The van der Waals surface area contributed by atoms with Gasteiger partial charge in [-0.1, -0.05) is 35.4 Å². The zero-order chi connectivity index (χ0) is 20.1. The smallest absolute Gasteiger partial charge is 0.200 e. The summed E-state index contributed by atoms with van der Waals surface area (Å²) in [5.74, 6) is 0. The van der Waals surface area contributed by atoms with Gasteiger partial charge in [0, 0.05) is 23.0 Å². The lowest BCUT2D eigenvalue weighted by molar-refractivity contribution is 0.326. The number of rotatable bonds is 17. The minimum Gasteiger partial charge on any atom is -0.417 e. The van der Waals surface area contributed by atoms with Crippen LogP contribution in [0.4, 0.5) is 0 Å².